The Balaban J connectivity index is 0.000000219. The molecule has 48 heavy (non-hydrogen) atoms. The summed E-state index contributed by atoms with van der Waals surface area (Å²) in [7, 11) is 4.20. The molecule has 4 aromatic carbocycles. The SMILES string of the molecule is CN(C)CCC(Oc1cccc2ccccc12)c1cccs1.O=C(OC(C(=O)O)[C@H](OC(=O)c1ccccc1)C(=O)O)c1ccccc1. The zero-order chi connectivity index (χ0) is 34.5. The fraction of sp³-hybridized carbons (Fsp3) is 0.189. The monoisotopic (exact) mass is 669 g/mol. The summed E-state index contributed by atoms with van der Waals surface area (Å²) in [5.41, 5.74) is 0.0505. The van der Waals surface area contributed by atoms with Crippen LogP contribution in [0.1, 0.15) is 38.1 Å². The Hall–Kier alpha value is -5.52. The highest BCUT2D eigenvalue weighted by Gasteiger charge is 2.41. The van der Waals surface area contributed by atoms with Gasteiger partial charge in [-0.25, -0.2) is 19.2 Å². The molecule has 0 aliphatic rings. The van der Waals surface area contributed by atoms with Crippen LogP contribution < -0.4 is 4.74 Å². The molecule has 10 nitrogen and oxygen atoms in total. The molecule has 0 bridgehead atoms. The average molecular weight is 670 g/mol. The predicted octanol–water partition coefficient (Wildman–Crippen LogP) is 6.58. The molecule has 0 saturated heterocycles. The first-order chi connectivity index (χ1) is 23.1. The molecule has 0 spiro atoms. The molecule has 2 N–H and O–H groups in total. The number of nitrogens with zero attached hydrogens (tertiary/aromatic N) is 1. The van der Waals surface area contributed by atoms with E-state index in [4.69, 9.17) is 14.2 Å². The molecule has 0 amide bonds. The zero-order valence-electron chi connectivity index (χ0n) is 26.3. The Morgan fingerprint density at radius 2 is 1.19 bits per heavy atom. The Kier molecular flexibility index (Phi) is 12.8. The van der Waals surface area contributed by atoms with Crippen molar-refractivity contribution in [1.82, 2.24) is 4.90 Å². The molecule has 11 heteroatoms. The molecule has 1 aromatic heterocycles. The number of carbonyl (C=O) groups excluding carboxylic acids is 2. The van der Waals surface area contributed by atoms with Crippen LogP contribution in [0, 0.1) is 0 Å². The van der Waals surface area contributed by atoms with Gasteiger partial charge in [-0.05, 0) is 61.3 Å². The molecule has 2 unspecified atom stereocenters. The molecule has 0 fully saturated rings. The maximum Gasteiger partial charge on any atom is 0.349 e. The van der Waals surface area contributed by atoms with E-state index < -0.39 is 36.1 Å². The summed E-state index contributed by atoms with van der Waals surface area (Å²) in [5, 5.41) is 23.0. The fourth-order valence-electron chi connectivity index (χ4n) is 4.56. The van der Waals surface area contributed by atoms with E-state index in [0.29, 0.717) is 0 Å². The van der Waals surface area contributed by atoms with E-state index in [0.717, 1.165) is 18.7 Å². The Morgan fingerprint density at radius 1 is 0.667 bits per heavy atom. The van der Waals surface area contributed by atoms with E-state index in [1.807, 2.05) is 0 Å². The van der Waals surface area contributed by atoms with Crippen molar-refractivity contribution in [2.75, 3.05) is 20.6 Å². The van der Waals surface area contributed by atoms with Crippen LogP contribution in [0.5, 0.6) is 5.75 Å². The molecule has 0 aliphatic carbocycles. The Labute approximate surface area is 281 Å². The van der Waals surface area contributed by atoms with Gasteiger partial charge in [-0.15, -0.1) is 11.3 Å². The minimum Gasteiger partial charge on any atom is -0.484 e. The number of fused-ring (bicyclic) bond motifs is 1. The predicted molar refractivity (Wildman–Crippen MR) is 181 cm³/mol. The third kappa shape index (κ3) is 9.99. The summed E-state index contributed by atoms with van der Waals surface area (Å²) in [6, 6.07) is 33.7. The van der Waals surface area contributed by atoms with Crippen molar-refractivity contribution in [2.45, 2.75) is 24.7 Å². The summed E-state index contributed by atoms with van der Waals surface area (Å²) in [4.78, 5) is 50.3. The van der Waals surface area contributed by atoms with Crippen LogP contribution in [0.3, 0.4) is 0 Å². The van der Waals surface area contributed by atoms with Crippen LogP contribution in [-0.2, 0) is 19.1 Å². The molecule has 0 aliphatic heterocycles. The van der Waals surface area contributed by atoms with Crippen LogP contribution in [0.4, 0.5) is 0 Å². The fourth-order valence-corrected chi connectivity index (χ4v) is 5.35. The van der Waals surface area contributed by atoms with Crippen molar-refractivity contribution in [3.63, 3.8) is 0 Å². The topological polar surface area (TPSA) is 140 Å². The van der Waals surface area contributed by atoms with Gasteiger partial charge in [-0.1, -0.05) is 78.9 Å². The summed E-state index contributed by atoms with van der Waals surface area (Å²) in [6.07, 6.45) is -3.34. The molecule has 5 rings (SSSR count). The average Bonchev–Trinajstić information content (AvgIpc) is 3.64. The molecule has 248 valence electrons. The summed E-state index contributed by atoms with van der Waals surface area (Å²) >= 11 is 1.76. The first-order valence-electron chi connectivity index (χ1n) is 14.9. The van der Waals surface area contributed by atoms with E-state index >= 15 is 0 Å². The van der Waals surface area contributed by atoms with Crippen molar-refractivity contribution in [3.8, 4) is 5.75 Å². The number of carboxylic acids is 2. The number of aliphatic carboxylic acids is 2. The largest absolute Gasteiger partial charge is 0.484 e. The number of hydrogen-bond donors (Lipinski definition) is 2. The zero-order valence-corrected chi connectivity index (χ0v) is 27.1. The van der Waals surface area contributed by atoms with Gasteiger partial charge < -0.3 is 29.3 Å². The highest BCUT2D eigenvalue weighted by atomic mass is 32.1. The number of carboxylic acid groups (broad SMARTS) is 2. The molecular weight excluding hydrogens is 634 g/mol. The Morgan fingerprint density at radius 3 is 1.69 bits per heavy atom. The highest BCUT2D eigenvalue weighted by Crippen LogP contribution is 2.32. The summed E-state index contributed by atoms with van der Waals surface area (Å²) < 4.78 is 15.9. The van der Waals surface area contributed by atoms with Gasteiger partial charge in [0, 0.05) is 23.2 Å². The van der Waals surface area contributed by atoms with Crippen LogP contribution in [0.15, 0.2) is 121 Å². The van der Waals surface area contributed by atoms with E-state index in [9.17, 15) is 29.4 Å². The third-order valence-electron chi connectivity index (χ3n) is 6.97. The van der Waals surface area contributed by atoms with Gasteiger partial charge in [0.05, 0.1) is 11.1 Å². The van der Waals surface area contributed by atoms with E-state index in [1.54, 1.807) is 23.5 Å². The van der Waals surface area contributed by atoms with Crippen LogP contribution in [-0.4, -0.2) is 71.8 Å². The minimum atomic E-state index is -2.21. The van der Waals surface area contributed by atoms with Crippen molar-refractivity contribution < 1.29 is 43.6 Å². The second-order valence-electron chi connectivity index (χ2n) is 10.8. The molecule has 0 radical (unpaired) electrons. The van der Waals surface area contributed by atoms with Crippen LogP contribution in [0.2, 0.25) is 0 Å². The van der Waals surface area contributed by atoms with Crippen molar-refractivity contribution >= 4 is 46.0 Å². The molecule has 0 saturated carbocycles. The maximum absolute atomic E-state index is 12.0. The standard InChI is InChI=1S/C19H21NOS.C18H14O8/c1-20(2)13-12-18(19-11-6-14-22-19)21-17-10-5-8-15-7-3-4-9-16(15)17;19-15(20)13(25-17(23)11-7-3-1-4-8-11)14(16(21)22)26-18(24)12-9-5-2-6-10-12/h3-11,14,18H,12-13H2,1-2H3;1-10,13-14H,(H,19,20)(H,21,22)/t;13-,14?/m.0/s1. The number of ether oxygens (including phenoxy) is 3. The lowest BCUT2D eigenvalue weighted by molar-refractivity contribution is -0.166. The van der Waals surface area contributed by atoms with Gasteiger partial charge in [-0.2, -0.15) is 0 Å². The summed E-state index contributed by atoms with van der Waals surface area (Å²) in [6.45, 7) is 1.01. The molecule has 1 heterocycles. The lowest BCUT2D eigenvalue weighted by Crippen LogP contribution is -2.45. The van der Waals surface area contributed by atoms with E-state index in [1.165, 1.54) is 64.2 Å². The van der Waals surface area contributed by atoms with Gasteiger partial charge in [-0.3, -0.25) is 0 Å². The third-order valence-corrected chi connectivity index (χ3v) is 7.93. The molecule has 5 aromatic rings. The number of thiophene rings is 1. The molecule has 3 atom stereocenters. The maximum atomic E-state index is 12.0. The Bertz CT molecular complexity index is 1720. The van der Waals surface area contributed by atoms with Crippen LogP contribution >= 0.6 is 11.3 Å². The second kappa shape index (κ2) is 17.4. The smallest absolute Gasteiger partial charge is 0.349 e. The number of esters is 2. The van der Waals surface area contributed by atoms with E-state index in [2.05, 4.69) is 79.0 Å². The van der Waals surface area contributed by atoms with Gasteiger partial charge in [0.2, 0.25) is 12.2 Å². The van der Waals surface area contributed by atoms with Crippen LogP contribution in [0.25, 0.3) is 10.8 Å². The normalized spacial score (nSPS) is 12.6. The van der Waals surface area contributed by atoms with Gasteiger partial charge in [0.25, 0.3) is 0 Å². The molecular formula is C37H35NO9S. The van der Waals surface area contributed by atoms with Crippen molar-refractivity contribution in [2.24, 2.45) is 0 Å². The van der Waals surface area contributed by atoms with Crippen molar-refractivity contribution in [1.29, 1.82) is 0 Å². The first-order valence-corrected chi connectivity index (χ1v) is 15.8. The number of hydrogen-bond acceptors (Lipinski definition) is 9. The lowest BCUT2D eigenvalue weighted by atomic mass is 10.1. The summed E-state index contributed by atoms with van der Waals surface area (Å²) in [5.74, 6) is -4.67. The van der Waals surface area contributed by atoms with Gasteiger partial charge in [0.1, 0.15) is 11.9 Å². The van der Waals surface area contributed by atoms with E-state index in [-0.39, 0.29) is 17.2 Å². The number of rotatable bonds is 13. The lowest BCUT2D eigenvalue weighted by Gasteiger charge is -2.21. The number of carbonyl (C=O) groups is 4. The minimum absolute atomic E-state index is 0.0253. The van der Waals surface area contributed by atoms with Gasteiger partial charge in [0.15, 0.2) is 0 Å². The van der Waals surface area contributed by atoms with Gasteiger partial charge >= 0.3 is 23.9 Å². The second-order valence-corrected chi connectivity index (χ2v) is 11.7. The highest BCUT2D eigenvalue weighted by molar-refractivity contribution is 7.10. The number of benzene rings is 4. The first kappa shape index (κ1) is 35.3. The quantitative estimate of drug-likeness (QED) is 0.132. The van der Waals surface area contributed by atoms with Crippen molar-refractivity contribution in [3.05, 3.63) is 137 Å².